The van der Waals surface area contributed by atoms with E-state index >= 15 is 0 Å². The summed E-state index contributed by atoms with van der Waals surface area (Å²) in [5.74, 6) is 0.502. The van der Waals surface area contributed by atoms with E-state index in [1.165, 1.54) is 11.8 Å². The third-order valence-electron chi connectivity index (χ3n) is 3.64. The second-order valence-electron chi connectivity index (χ2n) is 5.47. The number of amides is 1. The summed E-state index contributed by atoms with van der Waals surface area (Å²) in [5, 5.41) is 12.7. The van der Waals surface area contributed by atoms with Crippen LogP contribution >= 0.6 is 23.4 Å². The van der Waals surface area contributed by atoms with E-state index in [4.69, 9.17) is 11.6 Å². The van der Waals surface area contributed by atoms with Crippen molar-refractivity contribution in [3.05, 3.63) is 70.5 Å². The molecule has 1 aromatic heterocycles. The van der Waals surface area contributed by atoms with Crippen LogP contribution in [0.15, 0.2) is 53.7 Å². The van der Waals surface area contributed by atoms with Gasteiger partial charge in [0, 0.05) is 10.6 Å². The minimum absolute atomic E-state index is 0.143. The normalized spacial score (nSPS) is 10.7. The van der Waals surface area contributed by atoms with E-state index in [0.29, 0.717) is 16.4 Å². The minimum Gasteiger partial charge on any atom is -0.345 e. The van der Waals surface area contributed by atoms with Crippen molar-refractivity contribution in [1.82, 2.24) is 20.1 Å². The van der Waals surface area contributed by atoms with E-state index < -0.39 is 0 Å². The number of nitrogens with zero attached hydrogens (tertiary/aromatic N) is 3. The number of nitrogens with one attached hydrogen (secondary N) is 1. The molecule has 1 N–H and O–H groups in total. The molecule has 3 rings (SSSR count). The van der Waals surface area contributed by atoms with Crippen molar-refractivity contribution in [2.45, 2.75) is 18.6 Å². The monoisotopic (exact) mass is 372 g/mol. The summed E-state index contributed by atoms with van der Waals surface area (Å²) in [5.41, 5.74) is 2.53. The van der Waals surface area contributed by atoms with Crippen LogP contribution in [0.3, 0.4) is 0 Å². The summed E-state index contributed by atoms with van der Waals surface area (Å²) < 4.78 is 1.90. The van der Waals surface area contributed by atoms with Gasteiger partial charge in [-0.2, -0.15) is 0 Å². The maximum Gasteiger partial charge on any atom is 0.251 e. The Hall–Kier alpha value is -2.31. The van der Waals surface area contributed by atoms with E-state index in [9.17, 15) is 4.79 Å². The van der Waals surface area contributed by atoms with Crippen molar-refractivity contribution < 1.29 is 4.79 Å². The van der Waals surface area contributed by atoms with Gasteiger partial charge in [-0.05, 0) is 43.5 Å². The van der Waals surface area contributed by atoms with Crippen LogP contribution in [-0.4, -0.2) is 26.9 Å². The van der Waals surface area contributed by atoms with Gasteiger partial charge >= 0.3 is 0 Å². The third kappa shape index (κ3) is 4.03. The minimum atomic E-state index is -0.143. The first-order valence-electron chi connectivity index (χ1n) is 7.67. The number of benzene rings is 2. The molecule has 3 aromatic rings. The summed E-state index contributed by atoms with van der Waals surface area (Å²) in [6, 6.07) is 14.9. The number of aromatic nitrogens is 3. The van der Waals surface area contributed by atoms with Crippen molar-refractivity contribution >= 4 is 29.3 Å². The largest absolute Gasteiger partial charge is 0.345 e. The van der Waals surface area contributed by atoms with Crippen LogP contribution in [0.4, 0.5) is 0 Å². The highest BCUT2D eigenvalue weighted by Crippen LogP contribution is 2.22. The molecular weight excluding hydrogens is 356 g/mol. The molecule has 1 amide bonds. The molecule has 0 aliphatic carbocycles. The van der Waals surface area contributed by atoms with Crippen molar-refractivity contribution in [3.63, 3.8) is 0 Å². The van der Waals surface area contributed by atoms with Gasteiger partial charge in [-0.3, -0.25) is 9.36 Å². The van der Waals surface area contributed by atoms with Gasteiger partial charge in [0.2, 0.25) is 0 Å². The Kier molecular flexibility index (Phi) is 5.40. The molecule has 0 spiro atoms. The zero-order valence-corrected chi connectivity index (χ0v) is 15.4. The summed E-state index contributed by atoms with van der Waals surface area (Å²) in [6.45, 7) is 2.23. The topological polar surface area (TPSA) is 59.8 Å². The number of rotatable bonds is 5. The molecule has 128 valence electrons. The number of hydrogen-bond donors (Lipinski definition) is 1. The molecule has 1 heterocycles. The predicted octanol–water partition coefficient (Wildman–Crippen LogP) is 3.88. The number of thioether (sulfide) groups is 1. The highest BCUT2D eigenvalue weighted by Gasteiger charge is 2.15. The number of aryl methyl sites for hydroxylation is 1. The average molecular weight is 373 g/mol. The standard InChI is InChI=1S/C18H17ClN4OS/c1-12-5-3-6-13(9-12)17(24)20-11-16-21-22-18(25-2)23(16)15-8-4-7-14(19)10-15/h3-10H,11H2,1-2H3,(H,20,24). The van der Waals surface area contributed by atoms with Crippen molar-refractivity contribution in [3.8, 4) is 5.69 Å². The molecule has 0 aliphatic heterocycles. The fourth-order valence-corrected chi connectivity index (χ4v) is 3.17. The summed E-state index contributed by atoms with van der Waals surface area (Å²) in [4.78, 5) is 12.4. The molecule has 0 radical (unpaired) electrons. The first kappa shape index (κ1) is 17.5. The Morgan fingerprint density at radius 1 is 1.20 bits per heavy atom. The van der Waals surface area contributed by atoms with E-state index in [0.717, 1.165) is 16.4 Å². The maximum absolute atomic E-state index is 12.4. The molecule has 2 aromatic carbocycles. The molecular formula is C18H17ClN4OS. The lowest BCUT2D eigenvalue weighted by Gasteiger charge is -2.10. The van der Waals surface area contributed by atoms with Crippen LogP contribution in [-0.2, 0) is 6.54 Å². The van der Waals surface area contributed by atoms with E-state index in [1.54, 1.807) is 6.07 Å². The molecule has 0 bridgehead atoms. The second kappa shape index (κ2) is 7.72. The zero-order chi connectivity index (χ0) is 17.8. The zero-order valence-electron chi connectivity index (χ0n) is 13.9. The fourth-order valence-electron chi connectivity index (χ4n) is 2.47. The number of hydrogen-bond acceptors (Lipinski definition) is 4. The average Bonchev–Trinajstić information content (AvgIpc) is 3.02. The van der Waals surface area contributed by atoms with Crippen LogP contribution in [0, 0.1) is 6.92 Å². The molecule has 25 heavy (non-hydrogen) atoms. The van der Waals surface area contributed by atoms with E-state index in [2.05, 4.69) is 15.5 Å². The molecule has 7 heteroatoms. The lowest BCUT2D eigenvalue weighted by molar-refractivity contribution is 0.0949. The molecule has 0 saturated heterocycles. The number of halogens is 1. The molecule has 0 aliphatic rings. The van der Waals surface area contributed by atoms with Gasteiger partial charge < -0.3 is 5.32 Å². The van der Waals surface area contributed by atoms with Crippen LogP contribution < -0.4 is 5.32 Å². The van der Waals surface area contributed by atoms with Gasteiger partial charge in [-0.15, -0.1) is 10.2 Å². The lowest BCUT2D eigenvalue weighted by atomic mass is 10.1. The van der Waals surface area contributed by atoms with Gasteiger partial charge in [-0.1, -0.05) is 47.1 Å². The molecule has 5 nitrogen and oxygen atoms in total. The Morgan fingerprint density at radius 3 is 2.72 bits per heavy atom. The Balaban J connectivity index is 1.84. The van der Waals surface area contributed by atoms with Crippen LogP contribution in [0.1, 0.15) is 21.7 Å². The van der Waals surface area contributed by atoms with Crippen molar-refractivity contribution in [1.29, 1.82) is 0 Å². The smallest absolute Gasteiger partial charge is 0.251 e. The molecule has 0 saturated carbocycles. The van der Waals surface area contributed by atoms with Crippen LogP contribution in [0.5, 0.6) is 0 Å². The van der Waals surface area contributed by atoms with Crippen LogP contribution in [0.2, 0.25) is 5.02 Å². The third-order valence-corrected chi connectivity index (χ3v) is 4.50. The maximum atomic E-state index is 12.4. The molecule has 0 atom stereocenters. The first-order chi connectivity index (χ1) is 12.1. The summed E-state index contributed by atoms with van der Waals surface area (Å²) >= 11 is 7.58. The lowest BCUT2D eigenvalue weighted by Crippen LogP contribution is -2.24. The SMILES string of the molecule is CSc1nnc(CNC(=O)c2cccc(C)c2)n1-c1cccc(Cl)c1. The number of carbonyl (C=O) groups is 1. The van der Waals surface area contributed by atoms with Gasteiger partial charge in [0.25, 0.3) is 5.91 Å². The van der Waals surface area contributed by atoms with E-state index in [-0.39, 0.29) is 12.5 Å². The van der Waals surface area contributed by atoms with Gasteiger partial charge in [0.15, 0.2) is 11.0 Å². The Bertz CT molecular complexity index is 910. The van der Waals surface area contributed by atoms with Gasteiger partial charge in [0.1, 0.15) is 0 Å². The fraction of sp³-hybridized carbons (Fsp3) is 0.167. The van der Waals surface area contributed by atoms with Crippen molar-refractivity contribution in [2.24, 2.45) is 0 Å². The Labute approximate surface area is 155 Å². The highest BCUT2D eigenvalue weighted by atomic mass is 35.5. The van der Waals surface area contributed by atoms with Crippen molar-refractivity contribution in [2.75, 3.05) is 6.26 Å². The quantitative estimate of drug-likeness (QED) is 0.690. The summed E-state index contributed by atoms with van der Waals surface area (Å²) in [6.07, 6.45) is 1.93. The van der Waals surface area contributed by atoms with E-state index in [1.807, 2.05) is 60.2 Å². The Morgan fingerprint density at radius 2 is 2.00 bits per heavy atom. The predicted molar refractivity (Wildman–Crippen MR) is 100 cm³/mol. The van der Waals surface area contributed by atoms with Gasteiger partial charge in [-0.25, -0.2) is 0 Å². The number of carbonyl (C=O) groups excluding carboxylic acids is 1. The van der Waals surface area contributed by atoms with Gasteiger partial charge in [0.05, 0.1) is 12.2 Å². The summed E-state index contributed by atoms with van der Waals surface area (Å²) in [7, 11) is 0. The molecule has 0 unspecified atom stereocenters. The highest BCUT2D eigenvalue weighted by molar-refractivity contribution is 7.98. The molecule has 0 fully saturated rings. The van der Waals surface area contributed by atoms with Crippen LogP contribution in [0.25, 0.3) is 5.69 Å². The first-order valence-corrected chi connectivity index (χ1v) is 9.28. The second-order valence-corrected chi connectivity index (χ2v) is 6.68.